The number of hydrogen-bond donors (Lipinski definition) is 1. The molecule has 0 aliphatic carbocycles. The van der Waals surface area contributed by atoms with Crippen molar-refractivity contribution in [1.82, 2.24) is 0 Å². The molecule has 0 aliphatic heterocycles. The molecule has 1 atom stereocenters. The van der Waals surface area contributed by atoms with Crippen LogP contribution >= 0.6 is 7.60 Å². The highest BCUT2D eigenvalue weighted by atomic mass is 31.2. The van der Waals surface area contributed by atoms with Gasteiger partial charge in [-0.1, -0.05) is 237 Å². The fourth-order valence-electron chi connectivity index (χ4n) is 6.67. The summed E-state index contributed by atoms with van der Waals surface area (Å²) in [7, 11) is -3.66. The summed E-state index contributed by atoms with van der Waals surface area (Å²) in [6, 6.07) is 9.21. The number of hydrogen-bond acceptors (Lipinski definition) is 4. The summed E-state index contributed by atoms with van der Waals surface area (Å²) in [5.41, 5.74) is 0.597. The van der Waals surface area contributed by atoms with E-state index in [9.17, 15) is 9.67 Å². The van der Waals surface area contributed by atoms with Crippen molar-refractivity contribution in [3.63, 3.8) is 0 Å². The van der Waals surface area contributed by atoms with Crippen LogP contribution in [0.2, 0.25) is 0 Å². The average Bonchev–Trinajstić information content (AvgIpc) is 3.11. The molecular formula is C43H81O4P. The standard InChI is InChI=1S/C43H81O4P/c1-3-5-7-9-11-13-15-17-19-21-23-25-27-29-31-36-40-46-48(45,43(44)42-38-34-33-35-39-42)47-41-37-32-30-28-26-24-22-20-18-16-14-12-10-8-6-4-2/h33-35,38-39,43-44H,3-32,36-37,40-41H2,1-2H3. The van der Waals surface area contributed by atoms with Crippen LogP contribution in [0.4, 0.5) is 0 Å². The topological polar surface area (TPSA) is 55.8 Å². The third kappa shape index (κ3) is 27.1. The first-order chi connectivity index (χ1) is 23.6. The van der Waals surface area contributed by atoms with E-state index in [1.165, 1.54) is 180 Å². The van der Waals surface area contributed by atoms with Crippen molar-refractivity contribution in [2.24, 2.45) is 0 Å². The number of aliphatic hydroxyl groups is 1. The normalized spacial score (nSPS) is 12.6. The van der Waals surface area contributed by atoms with E-state index >= 15 is 0 Å². The molecule has 0 aromatic heterocycles. The van der Waals surface area contributed by atoms with Crippen LogP contribution in [0.15, 0.2) is 30.3 Å². The SMILES string of the molecule is CCCCCCCCCCCCCCCCCCOP(=O)(OCCCCCCCCCCCCCCCCCC)C(O)c1ccccc1. The molecule has 0 saturated carbocycles. The van der Waals surface area contributed by atoms with Crippen LogP contribution in [0, 0.1) is 0 Å². The van der Waals surface area contributed by atoms with Crippen LogP contribution in [-0.4, -0.2) is 18.3 Å². The summed E-state index contributed by atoms with van der Waals surface area (Å²) in [5.74, 6) is -1.24. The van der Waals surface area contributed by atoms with Gasteiger partial charge in [0.2, 0.25) is 0 Å². The van der Waals surface area contributed by atoms with Crippen molar-refractivity contribution in [3.8, 4) is 0 Å². The molecule has 0 bridgehead atoms. The summed E-state index contributed by atoms with van der Waals surface area (Å²) < 4.78 is 25.5. The molecule has 4 nitrogen and oxygen atoms in total. The number of benzene rings is 1. The Bertz CT molecular complexity index is 774. The summed E-state index contributed by atoms with van der Waals surface area (Å²) in [4.78, 5) is 0. The molecule has 0 amide bonds. The van der Waals surface area contributed by atoms with Crippen LogP contribution in [0.5, 0.6) is 0 Å². The lowest BCUT2D eigenvalue weighted by Crippen LogP contribution is -2.08. The zero-order valence-electron chi connectivity index (χ0n) is 32.1. The summed E-state index contributed by atoms with van der Waals surface area (Å²) >= 11 is 0. The molecule has 1 unspecified atom stereocenters. The third-order valence-electron chi connectivity index (χ3n) is 9.94. The van der Waals surface area contributed by atoms with Gasteiger partial charge in [-0.25, -0.2) is 0 Å². The largest absolute Gasteiger partial charge is 0.376 e. The lowest BCUT2D eigenvalue weighted by Gasteiger charge is -2.23. The Morgan fingerprint density at radius 2 is 0.688 bits per heavy atom. The minimum atomic E-state index is -3.66. The van der Waals surface area contributed by atoms with Crippen LogP contribution < -0.4 is 0 Å². The van der Waals surface area contributed by atoms with Gasteiger partial charge in [0.15, 0.2) is 5.85 Å². The smallest absolute Gasteiger partial charge is 0.363 e. The molecule has 0 heterocycles. The molecule has 0 fully saturated rings. The Morgan fingerprint density at radius 1 is 0.438 bits per heavy atom. The summed E-state index contributed by atoms with van der Waals surface area (Å²) in [6.07, 6.45) is 42.1. The van der Waals surface area contributed by atoms with Gasteiger partial charge < -0.3 is 14.2 Å². The van der Waals surface area contributed by atoms with Crippen LogP contribution in [0.25, 0.3) is 0 Å². The van der Waals surface area contributed by atoms with Crippen molar-refractivity contribution in [1.29, 1.82) is 0 Å². The van der Waals surface area contributed by atoms with Crippen molar-refractivity contribution in [3.05, 3.63) is 35.9 Å². The van der Waals surface area contributed by atoms with Gasteiger partial charge in [-0.15, -0.1) is 0 Å². The zero-order valence-corrected chi connectivity index (χ0v) is 33.0. The monoisotopic (exact) mass is 693 g/mol. The predicted octanol–water partition coefficient (Wildman–Crippen LogP) is 15.4. The van der Waals surface area contributed by atoms with E-state index in [2.05, 4.69) is 13.8 Å². The Labute approximate surface area is 299 Å². The van der Waals surface area contributed by atoms with Crippen molar-refractivity contribution >= 4 is 7.60 Å². The number of aliphatic hydroxyl groups excluding tert-OH is 1. The maximum Gasteiger partial charge on any atom is 0.363 e. The van der Waals surface area contributed by atoms with E-state index in [0.717, 1.165) is 25.7 Å². The van der Waals surface area contributed by atoms with E-state index in [1.54, 1.807) is 12.1 Å². The maximum atomic E-state index is 13.7. The van der Waals surface area contributed by atoms with Gasteiger partial charge in [-0.2, -0.15) is 0 Å². The maximum absolute atomic E-state index is 13.7. The molecule has 282 valence electrons. The Morgan fingerprint density at radius 3 is 0.958 bits per heavy atom. The highest BCUT2D eigenvalue weighted by Gasteiger charge is 2.35. The lowest BCUT2D eigenvalue weighted by molar-refractivity contribution is 0.138. The van der Waals surface area contributed by atoms with Gasteiger partial charge in [0, 0.05) is 0 Å². The Kier molecular flexibility index (Phi) is 32.8. The second kappa shape index (κ2) is 34.8. The Hall–Kier alpha value is -0.670. The molecule has 1 aromatic carbocycles. The molecule has 1 aromatic rings. The number of unbranched alkanes of at least 4 members (excludes halogenated alkanes) is 30. The molecule has 5 heteroatoms. The molecule has 0 radical (unpaired) electrons. The van der Waals surface area contributed by atoms with Gasteiger partial charge in [0.25, 0.3) is 0 Å². The van der Waals surface area contributed by atoms with Crippen molar-refractivity contribution in [2.75, 3.05) is 13.2 Å². The lowest BCUT2D eigenvalue weighted by atomic mass is 10.0. The fraction of sp³-hybridized carbons (Fsp3) is 0.860. The summed E-state index contributed by atoms with van der Waals surface area (Å²) in [5, 5.41) is 11.0. The number of rotatable bonds is 38. The zero-order chi connectivity index (χ0) is 34.6. The van der Waals surface area contributed by atoms with E-state index in [1.807, 2.05) is 18.2 Å². The third-order valence-corrected chi connectivity index (χ3v) is 11.9. The molecule has 0 saturated heterocycles. The molecule has 0 spiro atoms. The van der Waals surface area contributed by atoms with Gasteiger partial charge in [-0.05, 0) is 18.4 Å². The molecule has 48 heavy (non-hydrogen) atoms. The highest BCUT2D eigenvalue weighted by Crippen LogP contribution is 2.59. The van der Waals surface area contributed by atoms with Crippen LogP contribution in [0.1, 0.15) is 231 Å². The predicted molar refractivity (Wildman–Crippen MR) is 210 cm³/mol. The first-order valence-electron chi connectivity index (χ1n) is 21.3. The molecule has 1 rings (SSSR count). The van der Waals surface area contributed by atoms with E-state index in [0.29, 0.717) is 18.8 Å². The van der Waals surface area contributed by atoms with Gasteiger partial charge in [0.1, 0.15) is 0 Å². The molecular weight excluding hydrogens is 611 g/mol. The quantitative estimate of drug-likeness (QED) is 0.0553. The van der Waals surface area contributed by atoms with Crippen molar-refractivity contribution in [2.45, 2.75) is 225 Å². The van der Waals surface area contributed by atoms with Gasteiger partial charge in [0.05, 0.1) is 13.2 Å². The first kappa shape index (κ1) is 45.4. The molecule has 0 aliphatic rings. The van der Waals surface area contributed by atoms with Gasteiger partial charge >= 0.3 is 7.60 Å². The van der Waals surface area contributed by atoms with Crippen molar-refractivity contribution < 1.29 is 18.7 Å². The highest BCUT2D eigenvalue weighted by molar-refractivity contribution is 7.54. The fourth-order valence-corrected chi connectivity index (χ4v) is 8.33. The second-order valence-electron chi connectivity index (χ2n) is 14.6. The van der Waals surface area contributed by atoms with E-state index in [-0.39, 0.29) is 0 Å². The second-order valence-corrected chi connectivity index (χ2v) is 16.7. The van der Waals surface area contributed by atoms with Crippen LogP contribution in [-0.2, 0) is 13.6 Å². The first-order valence-corrected chi connectivity index (χ1v) is 22.9. The van der Waals surface area contributed by atoms with Gasteiger partial charge in [-0.3, -0.25) is 4.57 Å². The van der Waals surface area contributed by atoms with E-state index < -0.39 is 13.4 Å². The molecule has 1 N–H and O–H groups in total. The average molecular weight is 693 g/mol. The summed E-state index contributed by atoms with van der Waals surface area (Å²) in [6.45, 7) is 5.31. The minimum absolute atomic E-state index is 0.374. The van der Waals surface area contributed by atoms with Crippen LogP contribution in [0.3, 0.4) is 0 Å². The van der Waals surface area contributed by atoms with E-state index in [4.69, 9.17) is 9.05 Å². The Balaban J connectivity index is 2.10. The minimum Gasteiger partial charge on any atom is -0.376 e.